The molecule has 1 aliphatic rings. The van der Waals surface area contributed by atoms with Gasteiger partial charge in [-0.3, -0.25) is 9.69 Å². The predicted octanol–water partition coefficient (Wildman–Crippen LogP) is 4.27. The molecule has 1 atom stereocenters. The number of H-pyrrole nitrogens is 1. The minimum absolute atomic E-state index is 0.0205. The molecule has 1 aromatic heterocycles. The lowest BCUT2D eigenvalue weighted by Crippen LogP contribution is -2.36. The Kier molecular flexibility index (Phi) is 5.41. The fraction of sp³-hybridized carbons (Fsp3) is 0.526. The molecule has 24 heavy (non-hydrogen) atoms. The monoisotopic (exact) mass is 346 g/mol. The summed E-state index contributed by atoms with van der Waals surface area (Å²) in [6.45, 7) is 8.29. The van der Waals surface area contributed by atoms with Gasteiger partial charge in [0.05, 0.1) is 11.8 Å². The first-order valence-corrected chi connectivity index (χ1v) is 9.57. The Labute approximate surface area is 147 Å². The van der Waals surface area contributed by atoms with Crippen LogP contribution in [0.25, 0.3) is 11.3 Å². The van der Waals surface area contributed by atoms with Crippen LogP contribution in [0.3, 0.4) is 0 Å². The number of ether oxygens (including phenoxy) is 1. The Morgan fingerprint density at radius 1 is 1.29 bits per heavy atom. The van der Waals surface area contributed by atoms with Crippen molar-refractivity contribution in [3.05, 3.63) is 38.8 Å². The van der Waals surface area contributed by atoms with Gasteiger partial charge < -0.3 is 9.72 Å². The summed E-state index contributed by atoms with van der Waals surface area (Å²) in [5, 5.41) is 0. The molecule has 1 fully saturated rings. The molecular weight excluding hydrogens is 320 g/mol. The van der Waals surface area contributed by atoms with E-state index in [1.54, 1.807) is 0 Å². The standard InChI is InChI=1S/C19H26N2O2S/c1-13(2)23-16-9-7-15(8-10-16)18-17(24-19(22)20-18)12-21-11-5-4-6-14(21)3/h7-10,13-14H,4-6,11-12H2,1-3H3,(H,20,22). The number of rotatable bonds is 5. The fourth-order valence-corrected chi connectivity index (χ4v) is 4.13. The largest absolute Gasteiger partial charge is 0.491 e. The molecule has 2 heterocycles. The van der Waals surface area contributed by atoms with Crippen LogP contribution in [0.15, 0.2) is 29.1 Å². The first kappa shape index (κ1) is 17.2. The Morgan fingerprint density at radius 2 is 2.04 bits per heavy atom. The number of hydrogen-bond donors (Lipinski definition) is 1. The lowest BCUT2D eigenvalue weighted by atomic mass is 10.0. The highest BCUT2D eigenvalue weighted by Crippen LogP contribution is 2.28. The number of nitrogens with zero attached hydrogens (tertiary/aromatic N) is 1. The molecule has 1 saturated heterocycles. The van der Waals surface area contributed by atoms with E-state index in [2.05, 4.69) is 16.8 Å². The van der Waals surface area contributed by atoms with Crippen molar-refractivity contribution in [2.24, 2.45) is 0 Å². The predicted molar refractivity (Wildman–Crippen MR) is 99.9 cm³/mol. The smallest absolute Gasteiger partial charge is 0.305 e. The maximum Gasteiger partial charge on any atom is 0.305 e. The number of nitrogens with one attached hydrogen (secondary N) is 1. The van der Waals surface area contributed by atoms with Gasteiger partial charge in [0.1, 0.15) is 5.75 Å². The quantitative estimate of drug-likeness (QED) is 0.879. The minimum Gasteiger partial charge on any atom is -0.491 e. The van der Waals surface area contributed by atoms with Crippen molar-refractivity contribution in [3.8, 4) is 17.0 Å². The normalized spacial score (nSPS) is 18.9. The Hall–Kier alpha value is -1.59. The van der Waals surface area contributed by atoms with Crippen LogP contribution < -0.4 is 9.61 Å². The van der Waals surface area contributed by atoms with Crippen LogP contribution in [0.1, 0.15) is 44.9 Å². The molecule has 0 bridgehead atoms. The van der Waals surface area contributed by atoms with Crippen molar-refractivity contribution < 1.29 is 4.74 Å². The van der Waals surface area contributed by atoms with E-state index in [-0.39, 0.29) is 11.0 Å². The van der Waals surface area contributed by atoms with Gasteiger partial charge in [-0.25, -0.2) is 0 Å². The average molecular weight is 346 g/mol. The summed E-state index contributed by atoms with van der Waals surface area (Å²) in [4.78, 5) is 18.6. The second-order valence-electron chi connectivity index (χ2n) is 6.82. The second kappa shape index (κ2) is 7.53. The molecule has 0 saturated carbocycles. The highest BCUT2D eigenvalue weighted by atomic mass is 32.1. The molecule has 1 aromatic carbocycles. The van der Waals surface area contributed by atoms with E-state index in [0.29, 0.717) is 6.04 Å². The molecule has 0 aliphatic carbocycles. The number of piperidine rings is 1. The van der Waals surface area contributed by atoms with Crippen LogP contribution in [0.2, 0.25) is 0 Å². The first-order valence-electron chi connectivity index (χ1n) is 8.76. The van der Waals surface area contributed by atoms with Gasteiger partial charge in [-0.15, -0.1) is 0 Å². The topological polar surface area (TPSA) is 45.3 Å². The van der Waals surface area contributed by atoms with Crippen molar-refractivity contribution in [1.82, 2.24) is 9.88 Å². The summed E-state index contributed by atoms with van der Waals surface area (Å²) in [7, 11) is 0. The summed E-state index contributed by atoms with van der Waals surface area (Å²) in [5.41, 5.74) is 2.00. The summed E-state index contributed by atoms with van der Waals surface area (Å²) in [6.07, 6.45) is 3.97. The summed E-state index contributed by atoms with van der Waals surface area (Å²) >= 11 is 1.34. The van der Waals surface area contributed by atoms with Crippen molar-refractivity contribution in [2.75, 3.05) is 6.54 Å². The van der Waals surface area contributed by atoms with Crippen LogP contribution in [-0.2, 0) is 6.54 Å². The third kappa shape index (κ3) is 4.08. The molecular formula is C19H26N2O2S. The van der Waals surface area contributed by atoms with E-state index >= 15 is 0 Å². The summed E-state index contributed by atoms with van der Waals surface area (Å²) < 4.78 is 5.70. The molecule has 130 valence electrons. The maximum absolute atomic E-state index is 11.9. The molecule has 3 rings (SSSR count). The van der Waals surface area contributed by atoms with Crippen LogP contribution in [0.5, 0.6) is 5.75 Å². The molecule has 1 unspecified atom stereocenters. The Morgan fingerprint density at radius 3 is 2.71 bits per heavy atom. The molecule has 0 spiro atoms. The summed E-state index contributed by atoms with van der Waals surface area (Å²) in [5.74, 6) is 0.859. The van der Waals surface area contributed by atoms with Gasteiger partial charge in [-0.1, -0.05) is 17.8 Å². The number of thiazole rings is 1. The molecule has 0 radical (unpaired) electrons. The number of aromatic amines is 1. The Bertz CT molecular complexity index is 718. The van der Waals surface area contributed by atoms with Crippen molar-refractivity contribution in [3.63, 3.8) is 0 Å². The zero-order valence-electron chi connectivity index (χ0n) is 14.7. The van der Waals surface area contributed by atoms with Crippen molar-refractivity contribution >= 4 is 11.3 Å². The number of hydrogen-bond acceptors (Lipinski definition) is 4. The van der Waals surface area contributed by atoms with Gasteiger partial charge in [-0.05, 0) is 70.0 Å². The van der Waals surface area contributed by atoms with Crippen LogP contribution in [-0.4, -0.2) is 28.6 Å². The number of likely N-dealkylation sites (tertiary alicyclic amines) is 1. The second-order valence-corrected chi connectivity index (χ2v) is 7.89. The average Bonchev–Trinajstić information content (AvgIpc) is 2.90. The van der Waals surface area contributed by atoms with Gasteiger partial charge in [0.15, 0.2) is 0 Å². The molecule has 1 N–H and O–H groups in total. The van der Waals surface area contributed by atoms with Crippen molar-refractivity contribution in [1.29, 1.82) is 0 Å². The van der Waals surface area contributed by atoms with E-state index in [0.717, 1.165) is 35.0 Å². The zero-order chi connectivity index (χ0) is 17.1. The van der Waals surface area contributed by atoms with Crippen molar-refractivity contribution in [2.45, 2.75) is 58.7 Å². The molecule has 0 amide bonds. The van der Waals surface area contributed by atoms with E-state index < -0.39 is 0 Å². The van der Waals surface area contributed by atoms with E-state index in [4.69, 9.17) is 4.74 Å². The summed E-state index contributed by atoms with van der Waals surface area (Å²) in [6, 6.07) is 8.58. The van der Waals surface area contributed by atoms with Gasteiger partial charge in [0.2, 0.25) is 0 Å². The first-order chi connectivity index (χ1) is 11.5. The van der Waals surface area contributed by atoms with E-state index in [1.165, 1.54) is 30.6 Å². The highest BCUT2D eigenvalue weighted by molar-refractivity contribution is 7.09. The fourth-order valence-electron chi connectivity index (χ4n) is 3.25. The number of aromatic nitrogens is 1. The highest BCUT2D eigenvalue weighted by Gasteiger charge is 2.21. The third-order valence-electron chi connectivity index (χ3n) is 4.52. The third-order valence-corrected chi connectivity index (χ3v) is 5.39. The Balaban J connectivity index is 1.82. The lowest BCUT2D eigenvalue weighted by Gasteiger charge is -2.33. The maximum atomic E-state index is 11.9. The molecule has 4 nitrogen and oxygen atoms in total. The van der Waals surface area contributed by atoms with Gasteiger partial charge in [0.25, 0.3) is 0 Å². The molecule has 5 heteroatoms. The zero-order valence-corrected chi connectivity index (χ0v) is 15.5. The molecule has 1 aliphatic heterocycles. The lowest BCUT2D eigenvalue weighted by molar-refractivity contribution is 0.154. The van der Waals surface area contributed by atoms with Crippen LogP contribution >= 0.6 is 11.3 Å². The van der Waals surface area contributed by atoms with E-state index in [9.17, 15) is 4.79 Å². The minimum atomic E-state index is 0.0205. The van der Waals surface area contributed by atoms with Crippen LogP contribution in [0.4, 0.5) is 0 Å². The SMILES string of the molecule is CC(C)Oc1ccc(-c2[nH]c(=O)sc2CN2CCCCC2C)cc1. The van der Waals surface area contributed by atoms with Crippen LogP contribution in [0, 0.1) is 0 Å². The number of benzene rings is 1. The van der Waals surface area contributed by atoms with Gasteiger partial charge >= 0.3 is 4.87 Å². The van der Waals surface area contributed by atoms with Gasteiger partial charge in [0, 0.05) is 17.5 Å². The van der Waals surface area contributed by atoms with E-state index in [1.807, 2.05) is 38.1 Å². The molecule has 2 aromatic rings. The van der Waals surface area contributed by atoms with Gasteiger partial charge in [-0.2, -0.15) is 0 Å².